The second-order valence-corrected chi connectivity index (χ2v) is 6.47. The number of nitrogens with one attached hydrogen (secondary N) is 1. The molecule has 0 radical (unpaired) electrons. The van der Waals surface area contributed by atoms with E-state index in [0.29, 0.717) is 17.8 Å². The highest BCUT2D eigenvalue weighted by Gasteiger charge is 2.57. The Hall–Kier alpha value is -1.47. The number of amides is 1. The standard InChI is InChI=1S/C16H25N3O4/c1-3-22-13-8-12(16(13)6-4-5-7-16)18-14(20)9-21-10-15-17-11(2)19-23-15/h12-13H,3-10H2,1-2H3,(H,18,20)/t12-,13-/m0/s1. The summed E-state index contributed by atoms with van der Waals surface area (Å²) in [6.07, 6.45) is 5.94. The average molecular weight is 323 g/mol. The summed E-state index contributed by atoms with van der Waals surface area (Å²) in [5.74, 6) is 0.864. The molecule has 2 saturated carbocycles. The van der Waals surface area contributed by atoms with Crippen LogP contribution < -0.4 is 5.32 Å². The molecule has 1 amide bonds. The summed E-state index contributed by atoms with van der Waals surface area (Å²) >= 11 is 0. The summed E-state index contributed by atoms with van der Waals surface area (Å²) in [6.45, 7) is 4.67. The van der Waals surface area contributed by atoms with Crippen LogP contribution in [0.4, 0.5) is 0 Å². The second-order valence-electron chi connectivity index (χ2n) is 6.47. The van der Waals surface area contributed by atoms with Crippen LogP contribution in [0.1, 0.15) is 50.7 Å². The fraction of sp³-hybridized carbons (Fsp3) is 0.812. The Kier molecular flexibility index (Phi) is 4.96. The predicted molar refractivity (Wildman–Crippen MR) is 81.6 cm³/mol. The highest BCUT2D eigenvalue weighted by Crippen LogP contribution is 2.54. The normalized spacial score (nSPS) is 25.5. The molecule has 2 atom stereocenters. The lowest BCUT2D eigenvalue weighted by molar-refractivity contribution is -0.147. The zero-order valence-electron chi connectivity index (χ0n) is 13.8. The lowest BCUT2D eigenvalue weighted by Gasteiger charge is -2.54. The summed E-state index contributed by atoms with van der Waals surface area (Å²) in [7, 11) is 0. The molecule has 2 aliphatic carbocycles. The van der Waals surface area contributed by atoms with Crippen LogP contribution in [0.25, 0.3) is 0 Å². The van der Waals surface area contributed by atoms with Crippen LogP contribution in [0, 0.1) is 12.3 Å². The molecule has 0 aliphatic heterocycles. The maximum atomic E-state index is 12.1. The largest absolute Gasteiger partial charge is 0.378 e. The molecule has 1 aromatic heterocycles. The molecule has 2 fully saturated rings. The van der Waals surface area contributed by atoms with Crippen LogP contribution in [-0.4, -0.2) is 41.4 Å². The van der Waals surface area contributed by atoms with Gasteiger partial charge in [0.1, 0.15) is 13.2 Å². The summed E-state index contributed by atoms with van der Waals surface area (Å²) in [6, 6.07) is 0.211. The molecule has 0 bridgehead atoms. The van der Waals surface area contributed by atoms with Crippen LogP contribution >= 0.6 is 0 Å². The number of aromatic nitrogens is 2. The van der Waals surface area contributed by atoms with Gasteiger partial charge in [-0.15, -0.1) is 0 Å². The van der Waals surface area contributed by atoms with Gasteiger partial charge in [-0.3, -0.25) is 4.79 Å². The molecule has 0 unspecified atom stereocenters. The Morgan fingerprint density at radius 1 is 1.43 bits per heavy atom. The molecule has 23 heavy (non-hydrogen) atoms. The SMILES string of the molecule is CCO[C@H]1C[C@H](NC(=O)COCc2nc(C)no2)C12CCCC2. The van der Waals surface area contributed by atoms with Crippen molar-refractivity contribution in [3.05, 3.63) is 11.7 Å². The van der Waals surface area contributed by atoms with Gasteiger partial charge < -0.3 is 19.3 Å². The zero-order chi connectivity index (χ0) is 16.3. The summed E-state index contributed by atoms with van der Waals surface area (Å²) in [5, 5.41) is 6.80. The molecule has 1 N–H and O–H groups in total. The monoisotopic (exact) mass is 323 g/mol. The van der Waals surface area contributed by atoms with E-state index < -0.39 is 0 Å². The van der Waals surface area contributed by atoms with E-state index in [9.17, 15) is 4.79 Å². The number of carbonyl (C=O) groups excluding carboxylic acids is 1. The van der Waals surface area contributed by atoms with Crippen LogP contribution in [0.2, 0.25) is 0 Å². The van der Waals surface area contributed by atoms with Gasteiger partial charge in [0.15, 0.2) is 5.82 Å². The average Bonchev–Trinajstić information content (AvgIpc) is 3.17. The Morgan fingerprint density at radius 2 is 2.22 bits per heavy atom. The third-order valence-corrected chi connectivity index (χ3v) is 5.05. The van der Waals surface area contributed by atoms with Crippen molar-refractivity contribution in [1.82, 2.24) is 15.5 Å². The molecule has 2 aliphatic rings. The maximum absolute atomic E-state index is 12.1. The van der Waals surface area contributed by atoms with Crippen LogP contribution in [0.15, 0.2) is 4.52 Å². The van der Waals surface area contributed by atoms with Crippen LogP contribution in [0.5, 0.6) is 0 Å². The van der Waals surface area contributed by atoms with Crippen molar-refractivity contribution in [2.75, 3.05) is 13.2 Å². The van der Waals surface area contributed by atoms with Gasteiger partial charge in [0.25, 0.3) is 5.89 Å². The van der Waals surface area contributed by atoms with Crippen molar-refractivity contribution in [2.24, 2.45) is 5.41 Å². The molecule has 1 spiro atoms. The van der Waals surface area contributed by atoms with Gasteiger partial charge >= 0.3 is 0 Å². The number of nitrogens with zero attached hydrogens (tertiary/aromatic N) is 2. The third kappa shape index (κ3) is 3.40. The van der Waals surface area contributed by atoms with E-state index in [2.05, 4.69) is 15.5 Å². The van der Waals surface area contributed by atoms with E-state index in [0.717, 1.165) is 25.9 Å². The molecule has 1 aromatic rings. The van der Waals surface area contributed by atoms with E-state index in [1.165, 1.54) is 12.8 Å². The van der Waals surface area contributed by atoms with Gasteiger partial charge in [0.05, 0.1) is 6.10 Å². The fourth-order valence-corrected chi connectivity index (χ4v) is 3.95. The molecule has 0 saturated heterocycles. The van der Waals surface area contributed by atoms with E-state index in [4.69, 9.17) is 14.0 Å². The quantitative estimate of drug-likeness (QED) is 0.822. The molecule has 7 nitrogen and oxygen atoms in total. The Bertz CT molecular complexity index is 539. The molecule has 3 rings (SSSR count). The molecule has 0 aromatic carbocycles. The van der Waals surface area contributed by atoms with Gasteiger partial charge in [-0.05, 0) is 33.1 Å². The predicted octanol–water partition coefficient (Wildman–Crippen LogP) is 1.75. The van der Waals surface area contributed by atoms with E-state index >= 15 is 0 Å². The first kappa shape index (κ1) is 16.4. The van der Waals surface area contributed by atoms with E-state index in [1.54, 1.807) is 6.92 Å². The van der Waals surface area contributed by atoms with Crippen LogP contribution in [0.3, 0.4) is 0 Å². The number of hydrogen-bond acceptors (Lipinski definition) is 6. The minimum Gasteiger partial charge on any atom is -0.378 e. The van der Waals surface area contributed by atoms with Gasteiger partial charge in [-0.1, -0.05) is 18.0 Å². The smallest absolute Gasteiger partial charge is 0.252 e. The Labute approximate surface area is 136 Å². The lowest BCUT2D eigenvalue weighted by Crippen LogP contribution is -2.64. The molecule has 7 heteroatoms. The number of carbonyl (C=O) groups is 1. The van der Waals surface area contributed by atoms with Crippen molar-refractivity contribution in [2.45, 2.75) is 64.7 Å². The number of hydrogen-bond donors (Lipinski definition) is 1. The van der Waals surface area contributed by atoms with Crippen molar-refractivity contribution < 1.29 is 18.8 Å². The number of aryl methyl sites for hydroxylation is 1. The van der Waals surface area contributed by atoms with Crippen molar-refractivity contribution in [1.29, 1.82) is 0 Å². The third-order valence-electron chi connectivity index (χ3n) is 5.05. The summed E-state index contributed by atoms with van der Waals surface area (Å²) < 4.78 is 16.2. The Morgan fingerprint density at radius 3 is 2.87 bits per heavy atom. The fourth-order valence-electron chi connectivity index (χ4n) is 3.95. The minimum atomic E-state index is -0.0903. The molecule has 128 valence electrons. The zero-order valence-corrected chi connectivity index (χ0v) is 13.8. The highest BCUT2D eigenvalue weighted by atomic mass is 16.5. The number of rotatable bonds is 7. The van der Waals surface area contributed by atoms with Gasteiger partial charge in [0, 0.05) is 18.1 Å². The van der Waals surface area contributed by atoms with E-state index in [1.807, 2.05) is 6.92 Å². The number of ether oxygens (including phenoxy) is 2. The summed E-state index contributed by atoms with van der Waals surface area (Å²) in [4.78, 5) is 16.1. The lowest BCUT2D eigenvalue weighted by atomic mass is 9.60. The van der Waals surface area contributed by atoms with Gasteiger partial charge in [-0.2, -0.15) is 4.98 Å². The molecule has 1 heterocycles. The van der Waals surface area contributed by atoms with Crippen molar-refractivity contribution in [3.8, 4) is 0 Å². The van der Waals surface area contributed by atoms with Gasteiger partial charge in [-0.25, -0.2) is 0 Å². The Balaban J connectivity index is 1.44. The van der Waals surface area contributed by atoms with E-state index in [-0.39, 0.29) is 30.6 Å². The van der Waals surface area contributed by atoms with Crippen molar-refractivity contribution in [3.63, 3.8) is 0 Å². The van der Waals surface area contributed by atoms with Gasteiger partial charge in [0.2, 0.25) is 5.91 Å². The van der Waals surface area contributed by atoms with Crippen LogP contribution in [-0.2, 0) is 20.9 Å². The molecular formula is C16H25N3O4. The first-order valence-corrected chi connectivity index (χ1v) is 8.42. The first-order valence-electron chi connectivity index (χ1n) is 8.42. The topological polar surface area (TPSA) is 86.5 Å². The molecular weight excluding hydrogens is 298 g/mol. The summed E-state index contributed by atoms with van der Waals surface area (Å²) in [5.41, 5.74) is 0.148. The first-order chi connectivity index (χ1) is 11.1. The second kappa shape index (κ2) is 6.97. The minimum absolute atomic E-state index is 0.00725. The highest BCUT2D eigenvalue weighted by molar-refractivity contribution is 5.77. The van der Waals surface area contributed by atoms with Crippen molar-refractivity contribution >= 4 is 5.91 Å². The maximum Gasteiger partial charge on any atom is 0.252 e.